The summed E-state index contributed by atoms with van der Waals surface area (Å²) in [6.07, 6.45) is 40.1. The maximum Gasteiger partial charge on any atom is 0.104 e. The molecule has 0 radical (unpaired) electrons. The van der Waals surface area contributed by atoms with E-state index in [0.29, 0.717) is 19.9 Å². The van der Waals surface area contributed by atoms with Crippen LogP contribution < -0.4 is 5.32 Å². The van der Waals surface area contributed by atoms with Crippen LogP contribution in [-0.4, -0.2) is 45.8 Å². The van der Waals surface area contributed by atoms with Gasteiger partial charge in [-0.3, -0.25) is 5.32 Å². The predicted molar refractivity (Wildman–Crippen MR) is 190 cm³/mol. The van der Waals surface area contributed by atoms with Crippen molar-refractivity contribution in [1.29, 1.82) is 0 Å². The summed E-state index contributed by atoms with van der Waals surface area (Å²) in [5.74, 6) is 0. The largest absolute Gasteiger partial charge is 0.379 e. The summed E-state index contributed by atoms with van der Waals surface area (Å²) < 4.78 is 18.1. The van der Waals surface area contributed by atoms with Crippen LogP contribution >= 0.6 is 0 Å². The van der Waals surface area contributed by atoms with E-state index >= 15 is 0 Å². The molecule has 0 fully saturated rings. The van der Waals surface area contributed by atoms with Crippen LogP contribution in [0.2, 0.25) is 0 Å². The van der Waals surface area contributed by atoms with Gasteiger partial charge in [-0.25, -0.2) is 0 Å². The first-order valence-electron chi connectivity index (χ1n) is 19.8. The molecule has 0 rings (SSSR count). The zero-order valence-electron chi connectivity index (χ0n) is 30.1. The van der Waals surface area contributed by atoms with Crippen molar-refractivity contribution in [3.63, 3.8) is 0 Å². The molecule has 0 aliphatic rings. The summed E-state index contributed by atoms with van der Waals surface area (Å²) in [6, 6.07) is 0. The molecule has 0 aliphatic heterocycles. The third-order valence-electron chi connectivity index (χ3n) is 8.73. The Bertz CT molecular complexity index is 475. The molecule has 0 aromatic carbocycles. The van der Waals surface area contributed by atoms with Crippen LogP contribution in [0.25, 0.3) is 0 Å². The molecule has 1 atom stereocenters. The van der Waals surface area contributed by atoms with Crippen LogP contribution in [0.3, 0.4) is 0 Å². The van der Waals surface area contributed by atoms with Gasteiger partial charge in [0.15, 0.2) is 0 Å². The van der Waals surface area contributed by atoms with E-state index in [2.05, 4.69) is 26.1 Å². The second-order valence-electron chi connectivity index (χ2n) is 13.3. The molecule has 0 aromatic rings. The summed E-state index contributed by atoms with van der Waals surface area (Å²) in [5, 5.41) is 3.32. The monoisotopic (exact) mass is 612 g/mol. The van der Waals surface area contributed by atoms with E-state index in [1.54, 1.807) is 0 Å². The highest BCUT2D eigenvalue weighted by Crippen LogP contribution is 2.14. The van der Waals surface area contributed by atoms with Crippen LogP contribution in [0.1, 0.15) is 207 Å². The van der Waals surface area contributed by atoms with Crippen molar-refractivity contribution in [2.45, 2.75) is 213 Å². The minimum absolute atomic E-state index is 0.0528. The number of hydrogen-bond donors (Lipinski definition) is 1. The van der Waals surface area contributed by atoms with Gasteiger partial charge in [-0.1, -0.05) is 188 Å². The van der Waals surface area contributed by atoms with E-state index in [4.69, 9.17) is 14.2 Å². The van der Waals surface area contributed by atoms with E-state index in [1.165, 1.54) is 173 Å². The molecule has 43 heavy (non-hydrogen) atoms. The zero-order valence-corrected chi connectivity index (χ0v) is 30.1. The van der Waals surface area contributed by atoms with Crippen molar-refractivity contribution in [3.05, 3.63) is 0 Å². The fourth-order valence-corrected chi connectivity index (χ4v) is 5.82. The molecule has 1 unspecified atom stereocenters. The van der Waals surface area contributed by atoms with Gasteiger partial charge in [0.05, 0.1) is 19.9 Å². The van der Waals surface area contributed by atoms with Crippen LogP contribution in [0, 0.1) is 0 Å². The molecular formula is C39H81NO3. The third kappa shape index (κ3) is 37.9. The van der Waals surface area contributed by atoms with Gasteiger partial charge in [0.1, 0.15) is 6.10 Å². The van der Waals surface area contributed by atoms with Crippen molar-refractivity contribution >= 4 is 0 Å². The van der Waals surface area contributed by atoms with Crippen LogP contribution in [0.15, 0.2) is 0 Å². The van der Waals surface area contributed by atoms with E-state index in [9.17, 15) is 0 Å². The van der Waals surface area contributed by atoms with Crippen molar-refractivity contribution in [1.82, 2.24) is 5.32 Å². The highest BCUT2D eigenvalue weighted by atomic mass is 16.6. The quantitative estimate of drug-likeness (QED) is 0.0554. The highest BCUT2D eigenvalue weighted by molar-refractivity contribution is 4.57. The second kappa shape index (κ2) is 39.9. The number of ether oxygens (including phenoxy) is 3. The molecule has 0 aromatic heterocycles. The van der Waals surface area contributed by atoms with Crippen molar-refractivity contribution < 1.29 is 14.2 Å². The van der Waals surface area contributed by atoms with E-state index < -0.39 is 0 Å². The number of rotatable bonds is 39. The number of hydrogen-bond acceptors (Lipinski definition) is 4. The smallest absolute Gasteiger partial charge is 0.104 e. The molecule has 4 heteroatoms. The lowest BCUT2D eigenvalue weighted by atomic mass is 10.0. The SMILES string of the molecule is CCCCCCCCCCCCCCCCOCC(COCNCCC)OCCCCCCCCCCCCCCCC. The molecular weight excluding hydrogens is 530 g/mol. The Morgan fingerprint density at radius 3 is 1.12 bits per heavy atom. The fraction of sp³-hybridized carbons (Fsp3) is 1.00. The average molecular weight is 612 g/mol. The number of nitrogens with one attached hydrogen (secondary N) is 1. The topological polar surface area (TPSA) is 39.7 Å². The lowest BCUT2D eigenvalue weighted by Crippen LogP contribution is -2.29. The first kappa shape index (κ1) is 42.8. The van der Waals surface area contributed by atoms with Crippen molar-refractivity contribution in [3.8, 4) is 0 Å². The maximum absolute atomic E-state index is 6.20. The van der Waals surface area contributed by atoms with Gasteiger partial charge in [-0.2, -0.15) is 0 Å². The fourth-order valence-electron chi connectivity index (χ4n) is 5.82. The molecule has 0 aliphatic carbocycles. The molecule has 0 spiro atoms. The Hall–Kier alpha value is -0.160. The summed E-state index contributed by atoms with van der Waals surface area (Å²) >= 11 is 0. The molecule has 0 heterocycles. The van der Waals surface area contributed by atoms with Gasteiger partial charge in [-0.05, 0) is 25.8 Å². The van der Waals surface area contributed by atoms with E-state index in [1.807, 2.05) is 0 Å². The summed E-state index contributed by atoms with van der Waals surface area (Å²) in [6.45, 7) is 11.3. The van der Waals surface area contributed by atoms with Crippen LogP contribution in [0.4, 0.5) is 0 Å². The summed E-state index contributed by atoms with van der Waals surface area (Å²) in [7, 11) is 0. The lowest BCUT2D eigenvalue weighted by molar-refractivity contribution is -0.0636. The van der Waals surface area contributed by atoms with Crippen molar-refractivity contribution in [2.24, 2.45) is 0 Å². The lowest BCUT2D eigenvalue weighted by Gasteiger charge is -2.18. The van der Waals surface area contributed by atoms with E-state index in [0.717, 1.165) is 32.6 Å². The Morgan fingerprint density at radius 2 is 0.721 bits per heavy atom. The minimum atomic E-state index is 0.0528. The predicted octanol–water partition coefficient (Wildman–Crippen LogP) is 12.3. The third-order valence-corrected chi connectivity index (χ3v) is 8.73. The molecule has 0 amide bonds. The maximum atomic E-state index is 6.20. The summed E-state index contributed by atoms with van der Waals surface area (Å²) in [4.78, 5) is 0. The minimum Gasteiger partial charge on any atom is -0.379 e. The Morgan fingerprint density at radius 1 is 0.372 bits per heavy atom. The van der Waals surface area contributed by atoms with Gasteiger partial charge < -0.3 is 14.2 Å². The van der Waals surface area contributed by atoms with Crippen LogP contribution in [-0.2, 0) is 14.2 Å². The first-order valence-corrected chi connectivity index (χ1v) is 19.8. The highest BCUT2D eigenvalue weighted by Gasteiger charge is 2.10. The van der Waals surface area contributed by atoms with Crippen molar-refractivity contribution in [2.75, 3.05) is 39.7 Å². The van der Waals surface area contributed by atoms with Gasteiger partial charge in [0, 0.05) is 13.2 Å². The second-order valence-corrected chi connectivity index (χ2v) is 13.3. The van der Waals surface area contributed by atoms with E-state index in [-0.39, 0.29) is 6.10 Å². The molecule has 0 saturated heterocycles. The number of unbranched alkanes of at least 4 members (excludes halogenated alkanes) is 26. The Labute approximate surface area is 271 Å². The summed E-state index contributed by atoms with van der Waals surface area (Å²) in [5.41, 5.74) is 0. The Balaban J connectivity index is 3.67. The van der Waals surface area contributed by atoms with Gasteiger partial charge >= 0.3 is 0 Å². The molecule has 260 valence electrons. The first-order chi connectivity index (χ1) is 21.3. The van der Waals surface area contributed by atoms with Crippen LogP contribution in [0.5, 0.6) is 0 Å². The average Bonchev–Trinajstić information content (AvgIpc) is 3.02. The van der Waals surface area contributed by atoms with Gasteiger partial charge in [-0.15, -0.1) is 0 Å². The molecule has 1 N–H and O–H groups in total. The molecule has 0 bridgehead atoms. The molecule has 4 nitrogen and oxygen atoms in total. The zero-order chi connectivity index (χ0) is 31.2. The van der Waals surface area contributed by atoms with Gasteiger partial charge in [0.25, 0.3) is 0 Å². The standard InChI is InChI=1S/C39H81NO3/c1-4-7-9-11-13-15-17-19-21-23-25-27-29-31-34-41-36-39(37-42-38-40-33-6-3)43-35-32-30-28-26-24-22-20-18-16-14-12-10-8-5-2/h39-40H,4-38H2,1-3H3. The van der Waals surface area contributed by atoms with Gasteiger partial charge in [0.2, 0.25) is 0 Å². The normalized spacial score (nSPS) is 12.3. The molecule has 0 saturated carbocycles. The Kier molecular flexibility index (Phi) is 39.7.